The second-order valence-corrected chi connectivity index (χ2v) is 11.5. The number of aromatic nitrogens is 2. The van der Waals surface area contributed by atoms with Gasteiger partial charge in [-0.2, -0.15) is 9.97 Å². The van der Waals surface area contributed by atoms with Crippen molar-refractivity contribution in [2.24, 2.45) is 0 Å². The summed E-state index contributed by atoms with van der Waals surface area (Å²) < 4.78 is 5.69. The molecule has 3 fully saturated rings. The molecule has 9 heteroatoms. The summed E-state index contributed by atoms with van der Waals surface area (Å²) in [5.41, 5.74) is 1.14. The standard InChI is InChI=1S/C28H39ClN6OS/c1-21-8-3-6-15-35(21)25-19-24(34-13-4-2-5-14-34)31-26(32-25)33-27(37)30-20-28(11-16-36-17-12-28)22-9-7-10-23(29)18-22/h7,9-10,18-19,21H,2-6,8,11-17,20H2,1H3,(H2,30,31,32,33,37). The molecular weight excluding hydrogens is 504 g/mol. The van der Waals surface area contributed by atoms with E-state index in [2.05, 4.69) is 45.6 Å². The predicted molar refractivity (Wildman–Crippen MR) is 156 cm³/mol. The largest absolute Gasteiger partial charge is 0.381 e. The third-order valence-corrected chi connectivity index (χ3v) is 8.66. The molecule has 0 bridgehead atoms. The minimum absolute atomic E-state index is 0.0835. The first-order valence-electron chi connectivity index (χ1n) is 13.8. The van der Waals surface area contributed by atoms with E-state index in [0.29, 0.717) is 23.6 Å². The van der Waals surface area contributed by atoms with Gasteiger partial charge in [0.05, 0.1) is 0 Å². The van der Waals surface area contributed by atoms with Crippen LogP contribution in [0, 0.1) is 0 Å². The third-order valence-electron chi connectivity index (χ3n) is 8.18. The quantitative estimate of drug-likeness (QED) is 0.462. The molecule has 5 rings (SSSR count). The lowest BCUT2D eigenvalue weighted by Crippen LogP contribution is -2.45. The molecule has 2 N–H and O–H groups in total. The van der Waals surface area contributed by atoms with Gasteiger partial charge in [0, 0.05) is 61.9 Å². The molecule has 0 amide bonds. The maximum Gasteiger partial charge on any atom is 0.232 e. The maximum atomic E-state index is 6.35. The number of rotatable bonds is 6. The lowest BCUT2D eigenvalue weighted by molar-refractivity contribution is 0.0515. The molecule has 3 saturated heterocycles. The second-order valence-electron chi connectivity index (χ2n) is 10.7. The van der Waals surface area contributed by atoms with Crippen LogP contribution in [0.5, 0.6) is 0 Å². The van der Waals surface area contributed by atoms with Gasteiger partial charge in [0.25, 0.3) is 0 Å². The number of piperidine rings is 2. The van der Waals surface area contributed by atoms with Gasteiger partial charge in [0.2, 0.25) is 5.95 Å². The van der Waals surface area contributed by atoms with Crippen LogP contribution in [0.15, 0.2) is 30.3 Å². The Labute approximate surface area is 231 Å². The maximum absolute atomic E-state index is 6.35. The van der Waals surface area contributed by atoms with Gasteiger partial charge >= 0.3 is 0 Å². The van der Waals surface area contributed by atoms with Gasteiger partial charge in [0.1, 0.15) is 11.6 Å². The average Bonchev–Trinajstić information content (AvgIpc) is 2.93. The van der Waals surface area contributed by atoms with Crippen LogP contribution in [-0.4, -0.2) is 60.5 Å². The summed E-state index contributed by atoms with van der Waals surface area (Å²) in [4.78, 5) is 14.7. The molecule has 3 aliphatic heterocycles. The number of thiocarbonyl (C=S) groups is 1. The number of benzene rings is 1. The highest BCUT2D eigenvalue weighted by atomic mass is 35.5. The van der Waals surface area contributed by atoms with Crippen LogP contribution < -0.4 is 20.4 Å². The first-order chi connectivity index (χ1) is 18.0. The molecule has 200 valence electrons. The zero-order chi connectivity index (χ0) is 25.7. The summed E-state index contributed by atoms with van der Waals surface area (Å²) >= 11 is 12.1. The third kappa shape index (κ3) is 6.47. The number of hydrogen-bond donors (Lipinski definition) is 2. The Bertz CT molecular complexity index is 1070. The molecule has 0 aliphatic carbocycles. The van der Waals surface area contributed by atoms with Gasteiger partial charge in [-0.25, -0.2) is 0 Å². The van der Waals surface area contributed by atoms with Crippen LogP contribution in [0.4, 0.5) is 17.6 Å². The van der Waals surface area contributed by atoms with Crippen molar-refractivity contribution in [2.45, 2.75) is 69.7 Å². The monoisotopic (exact) mass is 542 g/mol. The molecule has 4 heterocycles. The van der Waals surface area contributed by atoms with E-state index in [-0.39, 0.29) is 5.41 Å². The first kappa shape index (κ1) is 26.4. The minimum atomic E-state index is -0.0835. The van der Waals surface area contributed by atoms with Crippen molar-refractivity contribution in [3.05, 3.63) is 40.9 Å². The van der Waals surface area contributed by atoms with Crippen LogP contribution in [-0.2, 0) is 10.2 Å². The van der Waals surface area contributed by atoms with Crippen LogP contribution >= 0.6 is 23.8 Å². The Morgan fingerprint density at radius 2 is 1.81 bits per heavy atom. The van der Waals surface area contributed by atoms with Crippen molar-refractivity contribution in [2.75, 3.05) is 54.5 Å². The summed E-state index contributed by atoms with van der Waals surface area (Å²) in [6, 6.07) is 10.8. The minimum Gasteiger partial charge on any atom is -0.381 e. The summed E-state index contributed by atoms with van der Waals surface area (Å²) in [5, 5.41) is 8.10. The highest BCUT2D eigenvalue weighted by Crippen LogP contribution is 2.35. The first-order valence-corrected chi connectivity index (χ1v) is 14.6. The van der Waals surface area contributed by atoms with Gasteiger partial charge in [-0.3, -0.25) is 0 Å². The van der Waals surface area contributed by atoms with Gasteiger partial charge in [-0.1, -0.05) is 23.7 Å². The zero-order valence-electron chi connectivity index (χ0n) is 21.8. The number of nitrogens with zero attached hydrogens (tertiary/aromatic N) is 4. The number of hydrogen-bond acceptors (Lipinski definition) is 6. The zero-order valence-corrected chi connectivity index (χ0v) is 23.4. The number of anilines is 3. The fourth-order valence-electron chi connectivity index (χ4n) is 5.89. The fraction of sp³-hybridized carbons (Fsp3) is 0.607. The molecule has 7 nitrogen and oxygen atoms in total. The molecule has 2 aromatic rings. The number of halogens is 1. The highest BCUT2D eigenvalue weighted by molar-refractivity contribution is 7.80. The lowest BCUT2D eigenvalue weighted by Gasteiger charge is -2.38. The summed E-state index contributed by atoms with van der Waals surface area (Å²) in [7, 11) is 0. The Morgan fingerprint density at radius 3 is 2.57 bits per heavy atom. The van der Waals surface area contributed by atoms with E-state index in [4.69, 9.17) is 38.5 Å². The van der Waals surface area contributed by atoms with Gasteiger partial charge in [-0.15, -0.1) is 0 Å². The molecule has 1 atom stereocenters. The van der Waals surface area contributed by atoms with Crippen molar-refractivity contribution in [1.82, 2.24) is 15.3 Å². The van der Waals surface area contributed by atoms with Crippen molar-refractivity contribution in [1.29, 1.82) is 0 Å². The molecule has 1 aromatic carbocycles. The van der Waals surface area contributed by atoms with Crippen molar-refractivity contribution in [3.63, 3.8) is 0 Å². The Balaban J connectivity index is 1.33. The Morgan fingerprint density at radius 1 is 1.05 bits per heavy atom. The van der Waals surface area contributed by atoms with Gasteiger partial charge < -0.3 is 25.2 Å². The van der Waals surface area contributed by atoms with E-state index < -0.39 is 0 Å². The van der Waals surface area contributed by atoms with Gasteiger partial charge in [0.15, 0.2) is 5.11 Å². The summed E-state index contributed by atoms with van der Waals surface area (Å²) in [6.45, 7) is 7.56. The fourth-order valence-corrected chi connectivity index (χ4v) is 6.25. The van der Waals surface area contributed by atoms with Crippen molar-refractivity contribution in [3.8, 4) is 0 Å². The van der Waals surface area contributed by atoms with Crippen LogP contribution in [0.2, 0.25) is 5.02 Å². The lowest BCUT2D eigenvalue weighted by atomic mass is 9.74. The highest BCUT2D eigenvalue weighted by Gasteiger charge is 2.35. The predicted octanol–water partition coefficient (Wildman–Crippen LogP) is 5.53. The molecule has 0 spiro atoms. The van der Waals surface area contributed by atoms with E-state index in [1.54, 1.807) is 0 Å². The summed E-state index contributed by atoms with van der Waals surface area (Å²) in [5.74, 6) is 2.55. The van der Waals surface area contributed by atoms with E-state index in [0.717, 1.165) is 62.3 Å². The SMILES string of the molecule is CC1CCCCN1c1cc(N2CCCCC2)nc(NC(=S)NCC2(c3cccc(Cl)c3)CCOCC2)n1. The van der Waals surface area contributed by atoms with Crippen LogP contribution in [0.1, 0.15) is 63.9 Å². The average molecular weight is 543 g/mol. The van der Waals surface area contributed by atoms with E-state index in [1.165, 1.54) is 44.1 Å². The number of ether oxygens (including phenoxy) is 1. The van der Waals surface area contributed by atoms with Crippen LogP contribution in [0.25, 0.3) is 0 Å². The van der Waals surface area contributed by atoms with Gasteiger partial charge in [-0.05, 0) is 88.2 Å². The van der Waals surface area contributed by atoms with E-state index in [9.17, 15) is 0 Å². The molecule has 0 saturated carbocycles. The van der Waals surface area contributed by atoms with E-state index in [1.807, 2.05) is 12.1 Å². The topological polar surface area (TPSA) is 65.5 Å². The molecule has 3 aliphatic rings. The summed E-state index contributed by atoms with van der Waals surface area (Å²) in [6.07, 6.45) is 9.21. The second kappa shape index (κ2) is 12.1. The Hall–Kier alpha value is -2.16. The molecule has 1 unspecified atom stereocenters. The molecule has 0 radical (unpaired) electrons. The van der Waals surface area contributed by atoms with Crippen LogP contribution in [0.3, 0.4) is 0 Å². The normalized spacial score (nSPS) is 21.9. The number of nitrogens with one attached hydrogen (secondary N) is 2. The van der Waals surface area contributed by atoms with Crippen molar-refractivity contribution >= 4 is 46.5 Å². The molecule has 1 aromatic heterocycles. The Kier molecular flexibility index (Phi) is 8.67. The smallest absolute Gasteiger partial charge is 0.232 e. The molecular formula is C28H39ClN6OS. The molecule has 37 heavy (non-hydrogen) atoms. The van der Waals surface area contributed by atoms with Crippen molar-refractivity contribution < 1.29 is 4.74 Å². The van der Waals surface area contributed by atoms with E-state index >= 15 is 0 Å².